The van der Waals surface area contributed by atoms with Crippen LogP contribution in [0.15, 0.2) is 77.3 Å². The van der Waals surface area contributed by atoms with Gasteiger partial charge in [0.05, 0.1) is 13.2 Å². The second kappa shape index (κ2) is 10.3. The minimum atomic E-state index is -0.970. The van der Waals surface area contributed by atoms with Crippen molar-refractivity contribution in [2.45, 2.75) is 25.4 Å². The van der Waals surface area contributed by atoms with Crippen molar-refractivity contribution in [3.8, 4) is 22.5 Å². The zero-order chi connectivity index (χ0) is 26.9. The average molecular weight is 533 g/mol. The monoisotopic (exact) mass is 532 g/mol. The average Bonchev–Trinajstić information content (AvgIpc) is 3.23. The molecular formula is C29H25ClN2O6. The first-order chi connectivity index (χ1) is 18.3. The lowest BCUT2D eigenvalue weighted by Crippen LogP contribution is -2.53. The quantitative estimate of drug-likeness (QED) is 0.274. The lowest BCUT2D eigenvalue weighted by atomic mass is 9.78. The fraction of sp³-hybridized carbons (Fsp3) is 0.207. The molecule has 1 saturated heterocycles. The molecule has 1 atom stereocenters. The third-order valence-corrected chi connectivity index (χ3v) is 7.09. The first-order valence-corrected chi connectivity index (χ1v) is 12.4. The molecule has 0 saturated carbocycles. The Morgan fingerprint density at radius 3 is 2.18 bits per heavy atom. The number of amides is 1. The maximum absolute atomic E-state index is 12.7. The van der Waals surface area contributed by atoms with E-state index in [1.54, 1.807) is 26.0 Å². The number of carbonyl (C=O) groups excluding carboxylic acids is 1. The largest absolute Gasteiger partial charge is 0.480 e. The van der Waals surface area contributed by atoms with Crippen LogP contribution in [0.25, 0.3) is 22.5 Å². The van der Waals surface area contributed by atoms with E-state index in [4.69, 9.17) is 25.6 Å². The Morgan fingerprint density at radius 1 is 1.00 bits per heavy atom. The number of carboxylic acid groups (broad SMARTS) is 1. The SMILES string of the molecule is Cc1noc(-c2ccc(-c3ccc(C4(C(=O)O)COC4)cc3)cc2)c1NC(=O)O[C@H](C)c1ccccc1Cl. The van der Waals surface area contributed by atoms with Gasteiger partial charge in [0.15, 0.2) is 5.76 Å². The summed E-state index contributed by atoms with van der Waals surface area (Å²) in [6.07, 6.45) is -1.21. The number of benzene rings is 3. The number of hydrogen-bond donors (Lipinski definition) is 2. The van der Waals surface area contributed by atoms with Gasteiger partial charge in [-0.3, -0.25) is 10.1 Å². The predicted molar refractivity (Wildman–Crippen MR) is 142 cm³/mol. The summed E-state index contributed by atoms with van der Waals surface area (Å²) in [5, 5.41) is 16.9. The summed E-state index contributed by atoms with van der Waals surface area (Å²) >= 11 is 6.22. The number of rotatable bonds is 7. The highest BCUT2D eigenvalue weighted by atomic mass is 35.5. The molecule has 1 aliphatic heterocycles. The van der Waals surface area contributed by atoms with E-state index in [2.05, 4.69) is 10.5 Å². The molecule has 1 aliphatic rings. The third kappa shape index (κ3) is 4.76. The Hall–Kier alpha value is -4.14. The first kappa shape index (κ1) is 25.5. The molecule has 0 bridgehead atoms. The summed E-state index contributed by atoms with van der Waals surface area (Å²) in [6.45, 7) is 3.83. The summed E-state index contributed by atoms with van der Waals surface area (Å²) in [7, 11) is 0. The molecule has 9 heteroatoms. The van der Waals surface area contributed by atoms with Crippen molar-refractivity contribution in [1.29, 1.82) is 0 Å². The number of halogens is 1. The van der Waals surface area contributed by atoms with Crippen LogP contribution in [0, 0.1) is 6.92 Å². The van der Waals surface area contributed by atoms with E-state index in [1.807, 2.05) is 60.7 Å². The Morgan fingerprint density at radius 2 is 1.61 bits per heavy atom. The van der Waals surface area contributed by atoms with E-state index in [9.17, 15) is 14.7 Å². The number of ether oxygens (including phenoxy) is 2. The topological polar surface area (TPSA) is 111 Å². The first-order valence-electron chi connectivity index (χ1n) is 12.0. The van der Waals surface area contributed by atoms with E-state index in [0.717, 1.165) is 22.3 Å². The van der Waals surface area contributed by atoms with E-state index >= 15 is 0 Å². The zero-order valence-corrected chi connectivity index (χ0v) is 21.5. The number of carboxylic acids is 1. The minimum Gasteiger partial charge on any atom is -0.480 e. The summed E-state index contributed by atoms with van der Waals surface area (Å²) in [5.41, 5.74) is 3.97. The number of aromatic nitrogens is 1. The van der Waals surface area contributed by atoms with Crippen molar-refractivity contribution < 1.29 is 28.7 Å². The van der Waals surface area contributed by atoms with Gasteiger partial charge < -0.3 is 19.1 Å². The molecule has 3 aromatic carbocycles. The Bertz CT molecular complexity index is 1480. The molecule has 0 spiro atoms. The van der Waals surface area contributed by atoms with Crippen LogP contribution in [0.1, 0.15) is 29.8 Å². The number of aliphatic carboxylic acids is 1. The lowest BCUT2D eigenvalue weighted by molar-refractivity contribution is -0.163. The number of carbonyl (C=O) groups is 2. The van der Waals surface area contributed by atoms with Crippen LogP contribution in [0.3, 0.4) is 0 Å². The van der Waals surface area contributed by atoms with Crippen molar-refractivity contribution in [2.75, 3.05) is 18.5 Å². The standard InChI is InChI=1S/C29H25ClN2O6/c1-17-25(31-28(35)37-18(2)23-5-3-4-6-24(23)30)26(38-32-17)21-9-7-19(8-10-21)20-11-13-22(14-12-20)29(27(33)34)15-36-16-29/h3-14,18H,15-16H2,1-2H3,(H,31,35)(H,33,34)/t18-/m1/s1. The van der Waals surface area contributed by atoms with Gasteiger partial charge in [0.1, 0.15) is 22.9 Å². The van der Waals surface area contributed by atoms with E-state index in [1.165, 1.54) is 0 Å². The molecule has 1 fully saturated rings. The Kier molecular flexibility index (Phi) is 6.93. The summed E-state index contributed by atoms with van der Waals surface area (Å²) in [4.78, 5) is 24.4. The molecule has 194 valence electrons. The molecule has 0 unspecified atom stereocenters. The summed E-state index contributed by atoms with van der Waals surface area (Å²) < 4.78 is 16.2. The van der Waals surface area contributed by atoms with Gasteiger partial charge in [0.2, 0.25) is 0 Å². The van der Waals surface area contributed by atoms with Crippen LogP contribution < -0.4 is 5.32 Å². The van der Waals surface area contributed by atoms with Crippen LogP contribution in [0.2, 0.25) is 5.02 Å². The second-order valence-electron chi connectivity index (χ2n) is 9.20. The van der Waals surface area contributed by atoms with Gasteiger partial charge in [-0.25, -0.2) is 4.79 Å². The van der Waals surface area contributed by atoms with Gasteiger partial charge in [-0.15, -0.1) is 0 Å². The molecular weight excluding hydrogens is 508 g/mol. The van der Waals surface area contributed by atoms with Crippen molar-refractivity contribution in [1.82, 2.24) is 5.16 Å². The zero-order valence-electron chi connectivity index (χ0n) is 20.7. The molecule has 38 heavy (non-hydrogen) atoms. The lowest BCUT2D eigenvalue weighted by Gasteiger charge is -2.37. The van der Waals surface area contributed by atoms with Gasteiger partial charge in [0, 0.05) is 16.1 Å². The van der Waals surface area contributed by atoms with Crippen molar-refractivity contribution in [3.63, 3.8) is 0 Å². The van der Waals surface area contributed by atoms with Gasteiger partial charge >= 0.3 is 12.1 Å². The van der Waals surface area contributed by atoms with Crippen molar-refractivity contribution in [2.24, 2.45) is 0 Å². The summed E-state index contributed by atoms with van der Waals surface area (Å²) in [5.74, 6) is -0.477. The maximum Gasteiger partial charge on any atom is 0.412 e. The second-order valence-corrected chi connectivity index (χ2v) is 9.61. The number of aryl methyl sites for hydroxylation is 1. The van der Waals surface area contributed by atoms with Crippen LogP contribution in [-0.2, 0) is 19.7 Å². The maximum atomic E-state index is 12.7. The van der Waals surface area contributed by atoms with Gasteiger partial charge in [-0.1, -0.05) is 83.5 Å². The molecule has 2 N–H and O–H groups in total. The highest BCUT2D eigenvalue weighted by Gasteiger charge is 2.47. The fourth-order valence-corrected chi connectivity index (χ4v) is 4.68. The molecule has 1 amide bonds. The molecule has 5 rings (SSSR count). The summed E-state index contributed by atoms with van der Waals surface area (Å²) in [6, 6.07) is 22.2. The van der Waals surface area contributed by atoms with Gasteiger partial charge in [0.25, 0.3) is 0 Å². The highest BCUT2D eigenvalue weighted by molar-refractivity contribution is 6.31. The predicted octanol–water partition coefficient (Wildman–Crippen LogP) is 6.63. The fourth-order valence-electron chi connectivity index (χ4n) is 4.39. The number of anilines is 1. The minimum absolute atomic E-state index is 0.176. The molecule has 2 heterocycles. The highest BCUT2D eigenvalue weighted by Crippen LogP contribution is 2.36. The molecule has 1 aromatic heterocycles. The van der Waals surface area contributed by atoms with Gasteiger partial charge in [-0.05, 0) is 36.6 Å². The molecule has 8 nitrogen and oxygen atoms in total. The smallest absolute Gasteiger partial charge is 0.412 e. The van der Waals surface area contributed by atoms with Crippen molar-refractivity contribution in [3.05, 3.63) is 94.6 Å². The van der Waals surface area contributed by atoms with E-state index < -0.39 is 23.6 Å². The van der Waals surface area contributed by atoms with Crippen molar-refractivity contribution >= 4 is 29.4 Å². The normalized spacial score (nSPS) is 14.8. The molecule has 4 aromatic rings. The molecule has 0 radical (unpaired) electrons. The van der Waals surface area contributed by atoms with Crippen LogP contribution in [0.5, 0.6) is 0 Å². The van der Waals surface area contributed by atoms with Crippen LogP contribution >= 0.6 is 11.6 Å². The number of nitrogens with one attached hydrogen (secondary N) is 1. The van der Waals surface area contributed by atoms with E-state index in [-0.39, 0.29) is 13.2 Å². The number of hydrogen-bond acceptors (Lipinski definition) is 6. The number of nitrogens with zero attached hydrogens (tertiary/aromatic N) is 1. The van der Waals surface area contributed by atoms with E-state index in [0.29, 0.717) is 27.7 Å². The molecule has 0 aliphatic carbocycles. The Labute approximate surface area is 224 Å². The van der Waals surface area contributed by atoms with Crippen LogP contribution in [-0.4, -0.2) is 35.5 Å². The Balaban J connectivity index is 1.30. The van der Waals surface area contributed by atoms with Crippen LogP contribution in [0.4, 0.5) is 10.5 Å². The third-order valence-electron chi connectivity index (χ3n) is 6.74. The van der Waals surface area contributed by atoms with Gasteiger partial charge in [-0.2, -0.15) is 0 Å².